The van der Waals surface area contributed by atoms with Crippen LogP contribution >= 0.6 is 0 Å². The fourth-order valence-corrected chi connectivity index (χ4v) is 4.91. The van der Waals surface area contributed by atoms with Crippen molar-refractivity contribution < 1.29 is 32.3 Å². The second-order valence-electron chi connectivity index (χ2n) is 11.3. The topological polar surface area (TPSA) is 69.7 Å². The molecule has 1 aliphatic carbocycles. The van der Waals surface area contributed by atoms with E-state index >= 15 is 0 Å². The highest BCUT2D eigenvalue weighted by atomic mass is 19.3. The van der Waals surface area contributed by atoms with Crippen molar-refractivity contribution in [3.05, 3.63) is 78.4 Å². The molecule has 1 N–H and O–H groups in total. The largest absolute Gasteiger partial charge is 0.586 e. The molecule has 1 saturated carbocycles. The molecule has 6 rings (SSSR count). The van der Waals surface area contributed by atoms with Crippen molar-refractivity contribution in [3.8, 4) is 28.5 Å². The minimum absolute atomic E-state index is 0.0468. The SMILES string of the molecule is C[N+](C)(C)CCOc1cccc(-c2nc(NC(=O)C3(c4ccc5c(c4)OC(F)(F)O5)CC3)cc3ccccc23)c1. The van der Waals surface area contributed by atoms with Crippen molar-refractivity contribution in [2.75, 3.05) is 39.6 Å². The molecule has 206 valence electrons. The van der Waals surface area contributed by atoms with Gasteiger partial charge in [0, 0.05) is 10.9 Å². The summed E-state index contributed by atoms with van der Waals surface area (Å²) in [7, 11) is 6.35. The van der Waals surface area contributed by atoms with Crippen LogP contribution in [0.5, 0.6) is 17.2 Å². The van der Waals surface area contributed by atoms with Gasteiger partial charge < -0.3 is 24.0 Å². The summed E-state index contributed by atoms with van der Waals surface area (Å²) < 4.78 is 43.0. The lowest BCUT2D eigenvalue weighted by Crippen LogP contribution is -2.38. The molecular formula is C31H30F2N3O4+. The number of quaternary nitrogens is 1. The monoisotopic (exact) mass is 546 g/mol. The molecule has 0 atom stereocenters. The molecule has 0 radical (unpaired) electrons. The second-order valence-corrected chi connectivity index (χ2v) is 11.3. The number of hydrogen-bond acceptors (Lipinski definition) is 5. The van der Waals surface area contributed by atoms with Crippen LogP contribution in [0.3, 0.4) is 0 Å². The third-order valence-corrected chi connectivity index (χ3v) is 7.26. The molecule has 4 aromatic rings. The van der Waals surface area contributed by atoms with E-state index in [-0.39, 0.29) is 17.4 Å². The number of carbonyl (C=O) groups excluding carboxylic acids is 1. The van der Waals surface area contributed by atoms with E-state index in [9.17, 15) is 13.6 Å². The molecule has 0 spiro atoms. The first-order valence-corrected chi connectivity index (χ1v) is 13.2. The van der Waals surface area contributed by atoms with Gasteiger partial charge in [-0.15, -0.1) is 8.78 Å². The molecule has 1 fully saturated rings. The summed E-state index contributed by atoms with van der Waals surface area (Å²) >= 11 is 0. The summed E-state index contributed by atoms with van der Waals surface area (Å²) in [5.41, 5.74) is 1.35. The number of nitrogens with zero attached hydrogens (tertiary/aromatic N) is 2. The number of halogens is 2. The van der Waals surface area contributed by atoms with Gasteiger partial charge in [-0.2, -0.15) is 0 Å². The summed E-state index contributed by atoms with van der Waals surface area (Å²) in [5, 5.41) is 4.86. The Labute approximate surface area is 230 Å². The van der Waals surface area contributed by atoms with Crippen LogP contribution in [-0.4, -0.2) is 56.0 Å². The molecule has 1 amide bonds. The predicted molar refractivity (Wildman–Crippen MR) is 148 cm³/mol. The summed E-state index contributed by atoms with van der Waals surface area (Å²) in [6.07, 6.45) is -2.54. The van der Waals surface area contributed by atoms with E-state index in [1.165, 1.54) is 12.1 Å². The highest BCUT2D eigenvalue weighted by Gasteiger charge is 2.53. The van der Waals surface area contributed by atoms with E-state index in [1.807, 2.05) is 54.6 Å². The number of aromatic nitrogens is 1. The third-order valence-electron chi connectivity index (χ3n) is 7.26. The van der Waals surface area contributed by atoms with Gasteiger partial charge in [-0.25, -0.2) is 4.98 Å². The fourth-order valence-electron chi connectivity index (χ4n) is 4.91. The van der Waals surface area contributed by atoms with Gasteiger partial charge in [-0.05, 0) is 54.1 Å². The maximum Gasteiger partial charge on any atom is 0.586 e. The Morgan fingerprint density at radius 1 is 0.975 bits per heavy atom. The molecule has 3 aromatic carbocycles. The van der Waals surface area contributed by atoms with Crippen molar-refractivity contribution in [1.82, 2.24) is 4.98 Å². The number of anilines is 1. The number of benzene rings is 3. The van der Waals surface area contributed by atoms with Crippen LogP contribution in [0.15, 0.2) is 72.8 Å². The van der Waals surface area contributed by atoms with Gasteiger partial charge in [0.1, 0.15) is 24.7 Å². The summed E-state index contributed by atoms with van der Waals surface area (Å²) in [4.78, 5) is 18.4. The van der Waals surface area contributed by atoms with Crippen molar-refractivity contribution in [2.24, 2.45) is 0 Å². The number of pyridine rings is 1. The number of carbonyl (C=O) groups is 1. The molecule has 9 heteroatoms. The quantitative estimate of drug-likeness (QED) is 0.276. The number of alkyl halides is 2. The molecule has 1 aromatic heterocycles. The number of rotatable bonds is 8. The average Bonchev–Trinajstić information content (AvgIpc) is 3.65. The molecule has 40 heavy (non-hydrogen) atoms. The highest BCUT2D eigenvalue weighted by molar-refractivity contribution is 6.03. The Kier molecular flexibility index (Phi) is 6.14. The van der Waals surface area contributed by atoms with E-state index in [0.29, 0.717) is 30.8 Å². The predicted octanol–water partition coefficient (Wildman–Crippen LogP) is 5.98. The van der Waals surface area contributed by atoms with Gasteiger partial charge in [0.15, 0.2) is 11.5 Å². The molecule has 7 nitrogen and oxygen atoms in total. The molecular weight excluding hydrogens is 516 g/mol. The number of amides is 1. The Balaban J connectivity index is 1.28. The molecule has 0 unspecified atom stereocenters. The van der Waals surface area contributed by atoms with Gasteiger partial charge in [0.05, 0.1) is 32.3 Å². The van der Waals surface area contributed by atoms with Gasteiger partial charge in [0.2, 0.25) is 5.91 Å². The molecule has 2 aliphatic rings. The van der Waals surface area contributed by atoms with Gasteiger partial charge >= 0.3 is 6.29 Å². The van der Waals surface area contributed by atoms with E-state index < -0.39 is 11.7 Å². The lowest BCUT2D eigenvalue weighted by molar-refractivity contribution is -0.870. The van der Waals surface area contributed by atoms with Crippen LogP contribution in [0.25, 0.3) is 22.0 Å². The van der Waals surface area contributed by atoms with Crippen LogP contribution in [-0.2, 0) is 10.2 Å². The first-order valence-electron chi connectivity index (χ1n) is 13.2. The molecule has 0 saturated heterocycles. The lowest BCUT2D eigenvalue weighted by Gasteiger charge is -2.23. The summed E-state index contributed by atoms with van der Waals surface area (Å²) in [5.74, 6) is 0.792. The smallest absolute Gasteiger partial charge is 0.488 e. The maximum atomic E-state index is 13.6. The van der Waals surface area contributed by atoms with Gasteiger partial charge in [-0.3, -0.25) is 4.79 Å². The lowest BCUT2D eigenvalue weighted by atomic mass is 9.94. The first-order chi connectivity index (χ1) is 19.0. The zero-order valence-corrected chi connectivity index (χ0v) is 22.5. The average molecular weight is 547 g/mol. The van der Waals surface area contributed by atoms with E-state index in [0.717, 1.165) is 38.8 Å². The minimum atomic E-state index is -3.71. The van der Waals surface area contributed by atoms with Crippen LogP contribution in [0, 0.1) is 0 Å². The number of nitrogens with one attached hydrogen (secondary N) is 1. The van der Waals surface area contributed by atoms with E-state index in [2.05, 4.69) is 35.9 Å². The maximum absolute atomic E-state index is 13.6. The van der Waals surface area contributed by atoms with Crippen LogP contribution < -0.4 is 19.5 Å². The summed E-state index contributed by atoms with van der Waals surface area (Å²) in [6, 6.07) is 22.0. The van der Waals surface area contributed by atoms with Gasteiger partial charge in [0.25, 0.3) is 0 Å². The Hall–Kier alpha value is -4.24. The van der Waals surface area contributed by atoms with E-state index in [1.54, 1.807) is 6.07 Å². The molecule has 2 heterocycles. The zero-order valence-electron chi connectivity index (χ0n) is 22.5. The standard InChI is InChI=1S/C31H29F2N3O4/c1-36(2,3)15-16-38-23-9-6-8-21(17-23)28-24-10-5-4-7-20(24)18-27(34-28)35-29(37)30(13-14-30)22-11-12-25-26(19-22)40-31(32,33)39-25/h4-12,17-19H,13-16H2,1-3H3/p+1. The van der Waals surface area contributed by atoms with Gasteiger partial charge in [-0.1, -0.05) is 42.5 Å². The number of likely N-dealkylation sites (N-methyl/N-ethyl adjacent to an activating group) is 1. The Bertz CT molecular complexity index is 1610. The minimum Gasteiger partial charge on any atom is -0.488 e. The van der Waals surface area contributed by atoms with Crippen LogP contribution in [0.2, 0.25) is 0 Å². The Morgan fingerprint density at radius 2 is 1.75 bits per heavy atom. The number of hydrogen-bond donors (Lipinski definition) is 1. The fraction of sp³-hybridized carbons (Fsp3) is 0.290. The van der Waals surface area contributed by atoms with Crippen molar-refractivity contribution >= 4 is 22.5 Å². The molecule has 0 bridgehead atoms. The van der Waals surface area contributed by atoms with E-state index in [4.69, 9.17) is 9.72 Å². The van der Waals surface area contributed by atoms with Crippen molar-refractivity contribution in [2.45, 2.75) is 24.6 Å². The zero-order chi connectivity index (χ0) is 28.1. The molecule has 1 aliphatic heterocycles. The third kappa shape index (κ3) is 5.16. The number of fused-ring (bicyclic) bond motifs is 2. The number of ether oxygens (including phenoxy) is 3. The second kappa shape index (κ2) is 9.45. The summed E-state index contributed by atoms with van der Waals surface area (Å²) in [6.45, 7) is 1.44. The van der Waals surface area contributed by atoms with Crippen molar-refractivity contribution in [1.29, 1.82) is 0 Å². The Morgan fingerprint density at radius 3 is 2.52 bits per heavy atom. The highest BCUT2D eigenvalue weighted by Crippen LogP contribution is 2.52. The first kappa shape index (κ1) is 26.0. The van der Waals surface area contributed by atoms with Crippen LogP contribution in [0.4, 0.5) is 14.6 Å². The normalized spacial score (nSPS) is 16.5. The van der Waals surface area contributed by atoms with Crippen LogP contribution in [0.1, 0.15) is 18.4 Å². The van der Waals surface area contributed by atoms with Crippen molar-refractivity contribution in [3.63, 3.8) is 0 Å².